The van der Waals surface area contributed by atoms with Crippen molar-refractivity contribution in [2.75, 3.05) is 11.5 Å². The van der Waals surface area contributed by atoms with Crippen LogP contribution in [0.4, 0.5) is 5.69 Å². The Hall–Kier alpha value is -2.78. The summed E-state index contributed by atoms with van der Waals surface area (Å²) in [6.07, 6.45) is 0. The Morgan fingerprint density at radius 2 is 1.93 bits per heavy atom. The Balaban J connectivity index is 2.11. The molecule has 27 heavy (non-hydrogen) atoms. The van der Waals surface area contributed by atoms with E-state index in [0.717, 1.165) is 11.3 Å². The molecule has 0 saturated carbocycles. The number of fused-ring (bicyclic) bond motifs is 2. The molecule has 0 amide bonds. The molecule has 2 N–H and O–H groups in total. The molecule has 0 saturated heterocycles. The van der Waals surface area contributed by atoms with E-state index in [2.05, 4.69) is 15.2 Å². The lowest BCUT2D eigenvalue weighted by Crippen LogP contribution is -2.01. The lowest BCUT2D eigenvalue weighted by molar-refractivity contribution is -0.114. The molecule has 7 nitrogen and oxygen atoms in total. The van der Waals surface area contributed by atoms with Crippen LogP contribution >= 0.6 is 23.1 Å². The number of thiophene rings is 1. The number of nitrogens with two attached hydrogens (primary N) is 1. The molecule has 0 aliphatic heterocycles. The van der Waals surface area contributed by atoms with Gasteiger partial charge in [0, 0.05) is 6.92 Å². The molecular weight excluding hydrogens is 382 g/mol. The average Bonchev–Trinajstić information content (AvgIpc) is 3.20. The largest absolute Gasteiger partial charge is 0.397 e. The summed E-state index contributed by atoms with van der Waals surface area (Å²) < 4.78 is 1.80. The summed E-state index contributed by atoms with van der Waals surface area (Å²) in [5.74, 6) is 0.631. The van der Waals surface area contributed by atoms with Crippen molar-refractivity contribution in [3.8, 4) is 11.3 Å². The Morgan fingerprint density at radius 1 is 1.19 bits per heavy atom. The van der Waals surface area contributed by atoms with Crippen LogP contribution in [0, 0.1) is 0 Å². The molecule has 4 aromatic rings. The molecule has 0 aliphatic carbocycles. The average molecular weight is 397 g/mol. The normalized spacial score (nSPS) is 11.3. The minimum absolute atomic E-state index is 0.0426. The number of carbonyl (C=O) groups is 2. The van der Waals surface area contributed by atoms with Crippen molar-refractivity contribution >= 4 is 56.3 Å². The predicted molar refractivity (Wildman–Crippen MR) is 107 cm³/mol. The highest BCUT2D eigenvalue weighted by molar-refractivity contribution is 7.99. The van der Waals surface area contributed by atoms with E-state index in [1.54, 1.807) is 4.40 Å². The topological polar surface area (TPSA) is 103 Å². The molecule has 0 radical (unpaired) electrons. The number of carbonyl (C=O) groups excluding carboxylic acids is 2. The number of Topliss-reactive ketones (excluding diaryl/α,β-unsaturated/α-hetero) is 2. The van der Waals surface area contributed by atoms with E-state index < -0.39 is 0 Å². The second-order valence-corrected chi connectivity index (χ2v) is 7.96. The van der Waals surface area contributed by atoms with Crippen LogP contribution in [0.5, 0.6) is 0 Å². The molecule has 0 bridgehead atoms. The number of rotatable bonds is 5. The monoisotopic (exact) mass is 397 g/mol. The van der Waals surface area contributed by atoms with E-state index in [0.29, 0.717) is 31.7 Å². The second kappa shape index (κ2) is 6.75. The number of hydrogen-bond donors (Lipinski definition) is 1. The maximum absolute atomic E-state index is 12.0. The van der Waals surface area contributed by atoms with E-state index in [4.69, 9.17) is 5.73 Å². The lowest BCUT2D eigenvalue weighted by Gasteiger charge is -2.10. The molecule has 9 heteroatoms. The van der Waals surface area contributed by atoms with Gasteiger partial charge in [-0.15, -0.1) is 21.5 Å². The van der Waals surface area contributed by atoms with Crippen LogP contribution in [0.2, 0.25) is 0 Å². The van der Waals surface area contributed by atoms with Crippen molar-refractivity contribution in [3.05, 3.63) is 35.2 Å². The van der Waals surface area contributed by atoms with Crippen LogP contribution in [-0.2, 0) is 4.79 Å². The SMILES string of the molecule is CC(=O)CSc1nnc2nc3sc(C(C)=O)c(N)c3c(-c3ccccc3)n12. The van der Waals surface area contributed by atoms with Gasteiger partial charge < -0.3 is 5.73 Å². The first-order valence-corrected chi connectivity index (χ1v) is 9.93. The number of aromatic nitrogens is 4. The number of anilines is 1. The van der Waals surface area contributed by atoms with Gasteiger partial charge in [0.1, 0.15) is 10.6 Å². The van der Waals surface area contributed by atoms with Gasteiger partial charge in [0.15, 0.2) is 10.9 Å². The molecule has 136 valence electrons. The summed E-state index contributed by atoms with van der Waals surface area (Å²) in [5.41, 5.74) is 8.43. The van der Waals surface area contributed by atoms with Crippen molar-refractivity contribution in [2.45, 2.75) is 19.0 Å². The molecule has 1 aromatic carbocycles. The third kappa shape index (κ3) is 2.98. The number of nitrogens with zero attached hydrogens (tertiary/aromatic N) is 4. The van der Waals surface area contributed by atoms with Crippen LogP contribution in [0.25, 0.3) is 27.3 Å². The molecular formula is C18H15N5O2S2. The molecule has 3 aromatic heterocycles. The van der Waals surface area contributed by atoms with E-state index in [1.165, 1.54) is 36.9 Å². The summed E-state index contributed by atoms with van der Waals surface area (Å²) in [6.45, 7) is 3.02. The maximum atomic E-state index is 12.0. The van der Waals surface area contributed by atoms with Gasteiger partial charge in [0.2, 0.25) is 0 Å². The summed E-state index contributed by atoms with van der Waals surface area (Å²) >= 11 is 2.55. The van der Waals surface area contributed by atoms with E-state index >= 15 is 0 Å². The molecule has 3 heterocycles. The molecule has 0 fully saturated rings. The second-order valence-electron chi connectivity index (χ2n) is 6.02. The fourth-order valence-electron chi connectivity index (χ4n) is 2.86. The highest BCUT2D eigenvalue weighted by atomic mass is 32.2. The standard InChI is InChI=1S/C18H15N5O2S2/c1-9(24)8-26-18-22-21-17-20-16-12(13(19)15(27-16)10(2)25)14(23(17)18)11-6-4-3-5-7-11/h3-7H,8,19H2,1-2H3. The van der Waals surface area contributed by atoms with Crippen LogP contribution < -0.4 is 5.73 Å². The number of thioether (sulfide) groups is 1. The van der Waals surface area contributed by atoms with Gasteiger partial charge in [0.25, 0.3) is 5.78 Å². The van der Waals surface area contributed by atoms with Crippen molar-refractivity contribution in [2.24, 2.45) is 0 Å². The molecule has 0 spiro atoms. The Morgan fingerprint density at radius 3 is 2.59 bits per heavy atom. The number of hydrogen-bond acceptors (Lipinski definition) is 8. The molecule has 0 atom stereocenters. The summed E-state index contributed by atoms with van der Waals surface area (Å²) in [4.78, 5) is 29.1. The van der Waals surface area contributed by atoms with Crippen LogP contribution in [0.1, 0.15) is 23.5 Å². The predicted octanol–water partition coefficient (Wildman–Crippen LogP) is 3.47. The minimum Gasteiger partial charge on any atom is -0.397 e. The van der Waals surface area contributed by atoms with Crippen LogP contribution in [-0.4, -0.2) is 36.9 Å². The van der Waals surface area contributed by atoms with Crippen molar-refractivity contribution in [3.63, 3.8) is 0 Å². The highest BCUT2D eigenvalue weighted by Crippen LogP contribution is 2.40. The van der Waals surface area contributed by atoms with Gasteiger partial charge in [-0.2, -0.15) is 4.98 Å². The number of benzene rings is 1. The first-order chi connectivity index (χ1) is 13.0. The van der Waals surface area contributed by atoms with E-state index in [1.807, 2.05) is 30.3 Å². The van der Waals surface area contributed by atoms with Crippen LogP contribution in [0.15, 0.2) is 35.5 Å². The van der Waals surface area contributed by atoms with Crippen molar-refractivity contribution in [1.29, 1.82) is 0 Å². The summed E-state index contributed by atoms with van der Waals surface area (Å²) in [7, 11) is 0. The Kier molecular flexibility index (Phi) is 4.40. The van der Waals surface area contributed by atoms with Gasteiger partial charge in [-0.25, -0.2) is 0 Å². The zero-order valence-electron chi connectivity index (χ0n) is 14.6. The fourth-order valence-corrected chi connectivity index (χ4v) is 4.58. The number of nitrogen functional groups attached to an aromatic ring is 1. The zero-order chi connectivity index (χ0) is 19.1. The molecule has 0 aliphatic rings. The number of ketones is 2. The zero-order valence-corrected chi connectivity index (χ0v) is 16.2. The summed E-state index contributed by atoms with van der Waals surface area (Å²) in [5, 5.41) is 9.63. The van der Waals surface area contributed by atoms with Crippen molar-refractivity contribution in [1.82, 2.24) is 19.6 Å². The van der Waals surface area contributed by atoms with Gasteiger partial charge in [-0.05, 0) is 12.5 Å². The first-order valence-electron chi connectivity index (χ1n) is 8.13. The van der Waals surface area contributed by atoms with Gasteiger partial charge in [0.05, 0.1) is 27.4 Å². The lowest BCUT2D eigenvalue weighted by atomic mass is 10.1. The first kappa shape index (κ1) is 17.6. The van der Waals surface area contributed by atoms with E-state index in [9.17, 15) is 9.59 Å². The van der Waals surface area contributed by atoms with Gasteiger partial charge in [-0.3, -0.25) is 14.0 Å². The third-order valence-corrected chi connectivity index (χ3v) is 6.25. The maximum Gasteiger partial charge on any atom is 0.257 e. The van der Waals surface area contributed by atoms with Crippen molar-refractivity contribution < 1.29 is 9.59 Å². The highest BCUT2D eigenvalue weighted by Gasteiger charge is 2.23. The minimum atomic E-state index is -0.101. The smallest absolute Gasteiger partial charge is 0.257 e. The Labute approximate surface area is 162 Å². The third-order valence-electron chi connectivity index (χ3n) is 3.98. The molecule has 0 unspecified atom stereocenters. The van der Waals surface area contributed by atoms with Gasteiger partial charge in [-0.1, -0.05) is 42.1 Å². The fraction of sp³-hybridized carbons (Fsp3) is 0.167. The van der Waals surface area contributed by atoms with E-state index in [-0.39, 0.29) is 17.3 Å². The summed E-state index contributed by atoms with van der Waals surface area (Å²) in [6, 6.07) is 9.69. The van der Waals surface area contributed by atoms with Crippen LogP contribution in [0.3, 0.4) is 0 Å². The Bertz CT molecular complexity index is 1200. The quantitative estimate of drug-likeness (QED) is 0.406. The molecule has 4 rings (SSSR count). The van der Waals surface area contributed by atoms with Gasteiger partial charge >= 0.3 is 0 Å².